The van der Waals surface area contributed by atoms with Crippen LogP contribution in [-0.2, 0) is 12.8 Å². The first-order valence-electron chi connectivity index (χ1n) is 7.79. The molecule has 0 unspecified atom stereocenters. The molecule has 0 heterocycles. The van der Waals surface area contributed by atoms with E-state index >= 15 is 0 Å². The van der Waals surface area contributed by atoms with Gasteiger partial charge in [0.15, 0.2) is 0 Å². The molecule has 1 N–H and O–H groups in total. The quantitative estimate of drug-likeness (QED) is 0.449. The number of unbranched alkanes of at least 4 members (excludes halogenated alkanes) is 4. The first-order valence-corrected chi connectivity index (χ1v) is 8.24. The number of aryl methyl sites for hydroxylation is 1. The lowest BCUT2D eigenvalue weighted by molar-refractivity contribution is 0.270. The highest BCUT2D eigenvalue weighted by atomic mass is 32.1. The summed E-state index contributed by atoms with van der Waals surface area (Å²) in [5.41, 5.74) is 3.63. The number of benzene rings is 1. The monoisotopic (exact) mass is 293 g/mol. The number of rotatable bonds is 9. The summed E-state index contributed by atoms with van der Waals surface area (Å²) >= 11 is 3.84. The lowest BCUT2D eigenvalue weighted by atomic mass is 9.95. The predicted molar refractivity (Wildman–Crippen MR) is 90.9 cm³/mol. The Kier molecular flexibility index (Phi) is 8.43. The van der Waals surface area contributed by atoms with Crippen LogP contribution in [-0.4, -0.2) is 5.24 Å². The van der Waals surface area contributed by atoms with E-state index in [1.807, 2.05) is 12.1 Å². The Balaban J connectivity index is 2.85. The van der Waals surface area contributed by atoms with Gasteiger partial charge >= 0.3 is 0 Å². The third kappa shape index (κ3) is 6.00. The summed E-state index contributed by atoms with van der Waals surface area (Å²) in [6.45, 7) is 4.43. The SMILES string of the molecule is CCCCCc1cccc(NC(=O)S)c1CCCCC. The number of hydrogen-bond acceptors (Lipinski definition) is 1. The summed E-state index contributed by atoms with van der Waals surface area (Å²) in [7, 11) is 0. The molecule has 1 amide bonds. The molecule has 0 saturated carbocycles. The molecular weight excluding hydrogens is 266 g/mol. The minimum Gasteiger partial charge on any atom is -0.317 e. The third-order valence-corrected chi connectivity index (χ3v) is 3.71. The lowest BCUT2D eigenvalue weighted by Crippen LogP contribution is -2.07. The van der Waals surface area contributed by atoms with Crippen LogP contribution in [0.1, 0.15) is 63.5 Å². The van der Waals surface area contributed by atoms with Gasteiger partial charge in [-0.15, -0.1) is 0 Å². The Morgan fingerprint density at radius 3 is 2.30 bits per heavy atom. The largest absolute Gasteiger partial charge is 0.317 e. The van der Waals surface area contributed by atoms with Crippen LogP contribution < -0.4 is 5.32 Å². The van der Waals surface area contributed by atoms with Gasteiger partial charge in [0.25, 0.3) is 5.24 Å². The van der Waals surface area contributed by atoms with E-state index < -0.39 is 0 Å². The van der Waals surface area contributed by atoms with Gasteiger partial charge in [-0.25, -0.2) is 0 Å². The summed E-state index contributed by atoms with van der Waals surface area (Å²) in [6, 6.07) is 6.22. The zero-order valence-corrected chi connectivity index (χ0v) is 13.6. The molecule has 112 valence electrons. The molecule has 0 saturated heterocycles. The summed E-state index contributed by atoms with van der Waals surface area (Å²) in [4.78, 5) is 11.2. The van der Waals surface area contributed by atoms with Crippen LogP contribution in [0, 0.1) is 0 Å². The highest BCUT2D eigenvalue weighted by molar-refractivity contribution is 7.96. The zero-order chi connectivity index (χ0) is 14.8. The van der Waals surface area contributed by atoms with Crippen LogP contribution in [0.25, 0.3) is 0 Å². The molecule has 0 aliphatic heterocycles. The zero-order valence-electron chi connectivity index (χ0n) is 12.7. The average Bonchev–Trinajstić information content (AvgIpc) is 2.41. The second-order valence-electron chi connectivity index (χ2n) is 5.29. The normalized spacial score (nSPS) is 10.6. The molecule has 1 rings (SSSR count). The summed E-state index contributed by atoms with van der Waals surface area (Å²) < 4.78 is 0. The molecule has 2 nitrogen and oxygen atoms in total. The van der Waals surface area contributed by atoms with Crippen molar-refractivity contribution in [3.63, 3.8) is 0 Å². The minimum absolute atomic E-state index is 0.285. The number of carbonyl (C=O) groups is 1. The number of thiol groups is 1. The van der Waals surface area contributed by atoms with Crippen molar-refractivity contribution in [2.45, 2.75) is 65.2 Å². The topological polar surface area (TPSA) is 29.1 Å². The molecule has 0 aliphatic carbocycles. The van der Waals surface area contributed by atoms with Crippen LogP contribution in [0.4, 0.5) is 10.5 Å². The smallest absolute Gasteiger partial charge is 0.280 e. The minimum atomic E-state index is -0.285. The lowest BCUT2D eigenvalue weighted by Gasteiger charge is -2.15. The van der Waals surface area contributed by atoms with Crippen molar-refractivity contribution in [3.8, 4) is 0 Å². The molecule has 3 heteroatoms. The molecular formula is C17H27NOS. The molecule has 0 aromatic heterocycles. The van der Waals surface area contributed by atoms with Crippen molar-refractivity contribution >= 4 is 23.6 Å². The average molecular weight is 293 g/mol. The van der Waals surface area contributed by atoms with E-state index in [1.54, 1.807) is 0 Å². The van der Waals surface area contributed by atoms with Gasteiger partial charge in [0.1, 0.15) is 0 Å². The maximum Gasteiger partial charge on any atom is 0.280 e. The Morgan fingerprint density at radius 2 is 1.70 bits per heavy atom. The third-order valence-electron chi connectivity index (χ3n) is 3.59. The molecule has 0 radical (unpaired) electrons. The molecule has 0 bridgehead atoms. The second-order valence-corrected chi connectivity index (χ2v) is 5.69. The maximum atomic E-state index is 11.2. The van der Waals surface area contributed by atoms with Crippen LogP contribution >= 0.6 is 12.6 Å². The second kappa shape index (κ2) is 9.87. The Bertz CT molecular complexity index is 417. The molecule has 1 aromatic rings. The Hall–Kier alpha value is -0.960. The number of carbonyl (C=O) groups excluding carboxylic acids is 1. The van der Waals surface area contributed by atoms with Crippen molar-refractivity contribution in [3.05, 3.63) is 29.3 Å². The van der Waals surface area contributed by atoms with Crippen molar-refractivity contribution in [1.82, 2.24) is 0 Å². The van der Waals surface area contributed by atoms with Gasteiger partial charge in [0.05, 0.1) is 0 Å². The Labute approximate surface area is 128 Å². The molecule has 0 aliphatic rings. The first-order chi connectivity index (χ1) is 9.69. The van der Waals surface area contributed by atoms with E-state index in [1.165, 1.54) is 49.7 Å². The van der Waals surface area contributed by atoms with Gasteiger partial charge in [-0.3, -0.25) is 4.79 Å². The molecule has 20 heavy (non-hydrogen) atoms. The van der Waals surface area contributed by atoms with Gasteiger partial charge < -0.3 is 5.32 Å². The van der Waals surface area contributed by atoms with Gasteiger partial charge in [-0.2, -0.15) is 0 Å². The van der Waals surface area contributed by atoms with Crippen LogP contribution in [0.15, 0.2) is 18.2 Å². The molecule has 1 aromatic carbocycles. The van der Waals surface area contributed by atoms with Gasteiger partial charge in [-0.1, -0.05) is 64.3 Å². The molecule has 0 atom stereocenters. The standard InChI is InChI=1S/C17H27NOS/c1-3-5-7-10-14-11-9-13-16(18-17(19)20)15(14)12-8-6-4-2/h9,11,13H,3-8,10,12H2,1-2H3,(H2,18,19,20). The fourth-order valence-electron chi connectivity index (χ4n) is 2.51. The van der Waals surface area contributed by atoms with Gasteiger partial charge in [-0.05, 0) is 42.9 Å². The van der Waals surface area contributed by atoms with E-state index in [0.29, 0.717) is 0 Å². The van der Waals surface area contributed by atoms with Crippen molar-refractivity contribution < 1.29 is 4.79 Å². The first kappa shape index (κ1) is 17.1. The number of anilines is 1. The maximum absolute atomic E-state index is 11.2. The van der Waals surface area contributed by atoms with E-state index in [9.17, 15) is 4.79 Å². The summed E-state index contributed by atoms with van der Waals surface area (Å²) in [6.07, 6.45) is 9.48. The molecule has 0 spiro atoms. The van der Waals surface area contributed by atoms with Gasteiger partial charge in [0, 0.05) is 5.69 Å². The van der Waals surface area contributed by atoms with Crippen LogP contribution in [0.2, 0.25) is 0 Å². The Morgan fingerprint density at radius 1 is 1.05 bits per heavy atom. The number of nitrogens with one attached hydrogen (secondary N) is 1. The van der Waals surface area contributed by atoms with Crippen molar-refractivity contribution in [2.75, 3.05) is 5.32 Å². The van der Waals surface area contributed by atoms with Crippen LogP contribution in [0.5, 0.6) is 0 Å². The van der Waals surface area contributed by atoms with E-state index in [2.05, 4.69) is 37.9 Å². The number of hydrogen-bond donors (Lipinski definition) is 2. The van der Waals surface area contributed by atoms with E-state index in [-0.39, 0.29) is 5.24 Å². The van der Waals surface area contributed by atoms with Gasteiger partial charge in [0.2, 0.25) is 0 Å². The fourth-order valence-corrected chi connectivity index (χ4v) is 2.63. The fraction of sp³-hybridized carbons (Fsp3) is 0.588. The van der Waals surface area contributed by atoms with Crippen molar-refractivity contribution in [1.29, 1.82) is 0 Å². The highest BCUT2D eigenvalue weighted by Gasteiger charge is 2.09. The van der Waals surface area contributed by atoms with Crippen LogP contribution in [0.3, 0.4) is 0 Å². The van der Waals surface area contributed by atoms with Crippen molar-refractivity contribution in [2.24, 2.45) is 0 Å². The molecule has 0 fully saturated rings. The van der Waals surface area contributed by atoms with E-state index in [4.69, 9.17) is 0 Å². The predicted octanol–water partition coefficient (Wildman–Crippen LogP) is 5.61. The highest BCUT2D eigenvalue weighted by Crippen LogP contribution is 2.24. The number of amides is 1. The summed E-state index contributed by atoms with van der Waals surface area (Å²) in [5, 5.41) is 2.57. The van der Waals surface area contributed by atoms with E-state index in [0.717, 1.165) is 18.5 Å². The summed E-state index contributed by atoms with van der Waals surface area (Å²) in [5.74, 6) is 0.